The Hall–Kier alpha value is -2.12. The number of benzene rings is 1. The molecule has 7 heteroatoms. The lowest BCUT2D eigenvalue weighted by Gasteiger charge is -2.18. The van der Waals surface area contributed by atoms with Gasteiger partial charge < -0.3 is 26.6 Å². The molecule has 0 aromatic heterocycles. The Morgan fingerprint density at radius 2 is 1.80 bits per heavy atom. The van der Waals surface area contributed by atoms with Gasteiger partial charge >= 0.3 is 5.97 Å². The number of nitrogens with one attached hydrogen (secondary N) is 2. The molecule has 1 aromatic rings. The lowest BCUT2D eigenvalue weighted by Crippen LogP contribution is -2.49. The van der Waals surface area contributed by atoms with Crippen LogP contribution in [-0.2, 0) is 16.0 Å². The fourth-order valence-electron chi connectivity index (χ4n) is 2.38. The molecule has 140 valence electrons. The summed E-state index contributed by atoms with van der Waals surface area (Å²) in [4.78, 5) is 23.5. The van der Waals surface area contributed by atoms with Crippen LogP contribution in [0.5, 0.6) is 5.75 Å². The molecule has 0 saturated carbocycles. The molecule has 7 nitrogen and oxygen atoms in total. The first-order valence-electron chi connectivity index (χ1n) is 8.59. The summed E-state index contributed by atoms with van der Waals surface area (Å²) in [7, 11) is 0. The molecule has 1 amide bonds. The summed E-state index contributed by atoms with van der Waals surface area (Å²) in [5.41, 5.74) is 6.67. The van der Waals surface area contributed by atoms with Crippen molar-refractivity contribution in [3.8, 4) is 5.75 Å². The monoisotopic (exact) mass is 351 g/mol. The van der Waals surface area contributed by atoms with Crippen molar-refractivity contribution < 1.29 is 19.8 Å². The molecule has 0 aliphatic rings. The summed E-state index contributed by atoms with van der Waals surface area (Å²) in [5, 5.41) is 24.3. The summed E-state index contributed by atoms with van der Waals surface area (Å²) in [6.45, 7) is 4.92. The third-order valence-corrected chi connectivity index (χ3v) is 3.82. The second-order valence-electron chi connectivity index (χ2n) is 6.48. The highest BCUT2D eigenvalue weighted by Crippen LogP contribution is 2.11. The van der Waals surface area contributed by atoms with Crippen LogP contribution in [0.15, 0.2) is 24.3 Å². The molecule has 1 rings (SSSR count). The van der Waals surface area contributed by atoms with Crippen molar-refractivity contribution in [2.45, 2.75) is 57.7 Å². The van der Waals surface area contributed by atoms with Crippen LogP contribution in [0.4, 0.5) is 0 Å². The van der Waals surface area contributed by atoms with Gasteiger partial charge in [0.2, 0.25) is 5.91 Å². The summed E-state index contributed by atoms with van der Waals surface area (Å²) in [6, 6.07) is 5.02. The Balaban J connectivity index is 2.43. The van der Waals surface area contributed by atoms with Gasteiger partial charge in [0.05, 0.1) is 6.04 Å². The average Bonchev–Trinajstić information content (AvgIpc) is 2.54. The number of aliphatic carboxylic acids is 1. The van der Waals surface area contributed by atoms with E-state index in [0.29, 0.717) is 18.9 Å². The average molecular weight is 351 g/mol. The van der Waals surface area contributed by atoms with Crippen molar-refractivity contribution in [1.82, 2.24) is 10.6 Å². The first-order chi connectivity index (χ1) is 11.8. The number of unbranched alkanes of at least 4 members (excludes halogenated alkanes) is 1. The second kappa shape index (κ2) is 10.7. The molecular weight excluding hydrogens is 322 g/mol. The van der Waals surface area contributed by atoms with E-state index in [1.807, 2.05) is 0 Å². The maximum Gasteiger partial charge on any atom is 0.326 e. The zero-order valence-electron chi connectivity index (χ0n) is 14.9. The molecule has 0 saturated heterocycles. The normalized spacial score (nSPS) is 13.4. The number of amides is 1. The van der Waals surface area contributed by atoms with E-state index >= 15 is 0 Å². The third-order valence-electron chi connectivity index (χ3n) is 3.82. The van der Waals surface area contributed by atoms with E-state index in [9.17, 15) is 19.8 Å². The molecule has 1 aromatic carbocycles. The number of carbonyl (C=O) groups is 2. The van der Waals surface area contributed by atoms with Crippen molar-refractivity contribution in [2.24, 2.45) is 5.73 Å². The van der Waals surface area contributed by atoms with E-state index in [1.54, 1.807) is 12.1 Å². The molecular formula is C18H29N3O4. The molecule has 0 aliphatic carbocycles. The summed E-state index contributed by atoms with van der Waals surface area (Å²) >= 11 is 0. The highest BCUT2D eigenvalue weighted by molar-refractivity contribution is 5.86. The molecule has 0 heterocycles. The van der Waals surface area contributed by atoms with Crippen molar-refractivity contribution in [1.29, 1.82) is 0 Å². The quantitative estimate of drug-likeness (QED) is 0.379. The number of carboxylic acid groups (broad SMARTS) is 1. The Labute approximate surface area is 148 Å². The van der Waals surface area contributed by atoms with Crippen molar-refractivity contribution in [3.05, 3.63) is 29.8 Å². The largest absolute Gasteiger partial charge is 0.508 e. The third kappa shape index (κ3) is 8.51. The molecule has 0 bridgehead atoms. The van der Waals surface area contributed by atoms with E-state index in [0.717, 1.165) is 18.5 Å². The predicted octanol–water partition coefficient (Wildman–Crippen LogP) is 1.000. The lowest BCUT2D eigenvalue weighted by molar-refractivity contribution is -0.142. The zero-order valence-corrected chi connectivity index (χ0v) is 14.9. The van der Waals surface area contributed by atoms with Crippen LogP contribution in [0, 0.1) is 0 Å². The SMILES string of the molecule is CC(C)NCCCC[C@H](NC(=O)[C@@H](N)Cc1ccc(O)cc1)C(=O)O. The van der Waals surface area contributed by atoms with Gasteiger partial charge in [-0.3, -0.25) is 4.79 Å². The zero-order chi connectivity index (χ0) is 18.8. The summed E-state index contributed by atoms with van der Waals surface area (Å²) in [6.07, 6.45) is 2.19. The topological polar surface area (TPSA) is 125 Å². The number of rotatable bonds is 11. The van der Waals surface area contributed by atoms with Crippen LogP contribution in [0.3, 0.4) is 0 Å². The van der Waals surface area contributed by atoms with E-state index in [2.05, 4.69) is 24.5 Å². The minimum Gasteiger partial charge on any atom is -0.508 e. The van der Waals surface area contributed by atoms with Crippen LogP contribution in [0.25, 0.3) is 0 Å². The van der Waals surface area contributed by atoms with E-state index in [4.69, 9.17) is 5.73 Å². The Morgan fingerprint density at radius 1 is 1.16 bits per heavy atom. The van der Waals surface area contributed by atoms with Gasteiger partial charge in [0.1, 0.15) is 11.8 Å². The van der Waals surface area contributed by atoms with Gasteiger partial charge in [0.25, 0.3) is 0 Å². The van der Waals surface area contributed by atoms with Crippen LogP contribution in [0.1, 0.15) is 38.7 Å². The first-order valence-corrected chi connectivity index (χ1v) is 8.59. The maximum atomic E-state index is 12.1. The number of phenols is 1. The van der Waals surface area contributed by atoms with Crippen LogP contribution in [0.2, 0.25) is 0 Å². The Morgan fingerprint density at radius 3 is 2.36 bits per heavy atom. The smallest absolute Gasteiger partial charge is 0.326 e. The first kappa shape index (κ1) is 20.9. The molecule has 0 aliphatic heterocycles. The number of carboxylic acids is 1. The summed E-state index contributed by atoms with van der Waals surface area (Å²) < 4.78 is 0. The number of hydrogen-bond acceptors (Lipinski definition) is 5. The van der Waals surface area contributed by atoms with Crippen LogP contribution >= 0.6 is 0 Å². The van der Waals surface area contributed by atoms with E-state index in [1.165, 1.54) is 12.1 Å². The Bertz CT molecular complexity index is 546. The van der Waals surface area contributed by atoms with Gasteiger partial charge in [-0.25, -0.2) is 4.79 Å². The molecule has 0 radical (unpaired) electrons. The van der Waals surface area contributed by atoms with Gasteiger partial charge in [0, 0.05) is 6.04 Å². The minimum atomic E-state index is -1.05. The summed E-state index contributed by atoms with van der Waals surface area (Å²) in [5.74, 6) is -1.40. The number of phenolic OH excluding ortho intramolecular Hbond substituents is 1. The van der Waals surface area contributed by atoms with Crippen molar-refractivity contribution >= 4 is 11.9 Å². The highest BCUT2D eigenvalue weighted by Gasteiger charge is 2.23. The molecule has 0 fully saturated rings. The molecule has 0 spiro atoms. The fourth-order valence-corrected chi connectivity index (χ4v) is 2.38. The van der Waals surface area contributed by atoms with Gasteiger partial charge in [-0.2, -0.15) is 0 Å². The van der Waals surface area contributed by atoms with Gasteiger partial charge in [-0.05, 0) is 49.9 Å². The van der Waals surface area contributed by atoms with E-state index < -0.39 is 24.0 Å². The Kier molecular flexibility index (Phi) is 8.94. The molecule has 25 heavy (non-hydrogen) atoms. The second-order valence-corrected chi connectivity index (χ2v) is 6.48. The molecule has 2 atom stereocenters. The van der Waals surface area contributed by atoms with E-state index in [-0.39, 0.29) is 12.2 Å². The maximum absolute atomic E-state index is 12.1. The van der Waals surface area contributed by atoms with Gasteiger partial charge in [0.15, 0.2) is 0 Å². The minimum absolute atomic E-state index is 0.139. The van der Waals surface area contributed by atoms with Crippen molar-refractivity contribution in [2.75, 3.05) is 6.54 Å². The van der Waals surface area contributed by atoms with Crippen molar-refractivity contribution in [3.63, 3.8) is 0 Å². The predicted molar refractivity (Wildman–Crippen MR) is 96.3 cm³/mol. The number of aromatic hydroxyl groups is 1. The van der Waals surface area contributed by atoms with Gasteiger partial charge in [-0.15, -0.1) is 0 Å². The van der Waals surface area contributed by atoms with Crippen LogP contribution < -0.4 is 16.4 Å². The van der Waals surface area contributed by atoms with Gasteiger partial charge in [-0.1, -0.05) is 26.0 Å². The molecule has 0 unspecified atom stereocenters. The molecule has 6 N–H and O–H groups in total. The fraction of sp³-hybridized carbons (Fsp3) is 0.556. The number of carbonyl (C=O) groups excluding carboxylic acids is 1. The lowest BCUT2D eigenvalue weighted by atomic mass is 10.0. The van der Waals surface area contributed by atoms with Crippen LogP contribution in [-0.4, -0.2) is 46.8 Å². The number of hydrogen-bond donors (Lipinski definition) is 5. The number of nitrogens with two attached hydrogens (primary N) is 1. The standard InChI is InChI=1S/C18H29N3O4/c1-12(2)20-10-4-3-5-16(18(24)25)21-17(23)15(19)11-13-6-8-14(22)9-7-13/h6-9,12,15-16,20,22H,3-5,10-11,19H2,1-2H3,(H,21,23)(H,24,25)/t15-,16-/m0/s1. The highest BCUT2D eigenvalue weighted by atomic mass is 16.4.